The van der Waals surface area contributed by atoms with Crippen molar-refractivity contribution >= 4 is 29.4 Å². The lowest BCUT2D eigenvalue weighted by atomic mass is 10.1. The predicted octanol–water partition coefficient (Wildman–Crippen LogP) is 7.16. The maximum Gasteiger partial charge on any atom is 0.253 e. The zero-order valence-corrected chi connectivity index (χ0v) is 26.8. The number of rotatable bonds is 14. The van der Waals surface area contributed by atoms with E-state index in [-0.39, 0.29) is 11.8 Å². The lowest BCUT2D eigenvalue weighted by molar-refractivity contribution is -0.120. The molecule has 0 saturated heterocycles. The van der Waals surface area contributed by atoms with Gasteiger partial charge in [0.05, 0.1) is 11.4 Å². The van der Waals surface area contributed by atoms with Gasteiger partial charge in [-0.1, -0.05) is 75.2 Å². The van der Waals surface area contributed by atoms with Gasteiger partial charge in [-0.25, -0.2) is 0 Å². The molecule has 1 aromatic carbocycles. The molecule has 0 aromatic heterocycles. The Hall–Kier alpha value is -2.41. The summed E-state index contributed by atoms with van der Waals surface area (Å²) in [6.07, 6.45) is 6.72. The Balaban J connectivity index is -0.000000946. The highest BCUT2D eigenvalue weighted by Gasteiger charge is 2.19. The molecular formula is C31H61N5O2. The van der Waals surface area contributed by atoms with Crippen LogP contribution in [0.2, 0.25) is 0 Å². The van der Waals surface area contributed by atoms with Crippen LogP contribution in [-0.4, -0.2) is 63.7 Å². The van der Waals surface area contributed by atoms with Crippen molar-refractivity contribution < 1.29 is 9.59 Å². The molecule has 38 heavy (non-hydrogen) atoms. The number of carbonyl (C=O) groups is 2. The summed E-state index contributed by atoms with van der Waals surface area (Å²) < 4.78 is 0. The van der Waals surface area contributed by atoms with Crippen LogP contribution >= 0.6 is 0 Å². The SMILES string of the molecule is CC.CC.CCCCCNC.CNC(=O)CCC=Nc1ccc(C(=O)N(CC(C)C)CC(C)C)cc1NC. The lowest BCUT2D eigenvalue weighted by Gasteiger charge is -2.26. The van der Waals surface area contributed by atoms with Gasteiger partial charge in [-0.2, -0.15) is 0 Å². The van der Waals surface area contributed by atoms with E-state index >= 15 is 0 Å². The Morgan fingerprint density at radius 3 is 1.97 bits per heavy atom. The first kappa shape index (κ1) is 40.1. The molecule has 1 rings (SSSR count). The Labute approximate surface area is 235 Å². The summed E-state index contributed by atoms with van der Waals surface area (Å²) >= 11 is 0. The van der Waals surface area contributed by atoms with Gasteiger partial charge in [-0.05, 0) is 56.5 Å². The molecule has 0 bridgehead atoms. The van der Waals surface area contributed by atoms with Crippen LogP contribution in [-0.2, 0) is 4.79 Å². The summed E-state index contributed by atoms with van der Waals surface area (Å²) in [7, 11) is 5.43. The van der Waals surface area contributed by atoms with Crippen LogP contribution in [0.1, 0.15) is 105 Å². The van der Waals surface area contributed by atoms with Crippen molar-refractivity contribution in [1.82, 2.24) is 15.5 Å². The van der Waals surface area contributed by atoms with Crippen molar-refractivity contribution in [3.8, 4) is 0 Å². The first-order chi connectivity index (χ1) is 18.2. The van der Waals surface area contributed by atoms with E-state index < -0.39 is 0 Å². The summed E-state index contributed by atoms with van der Waals surface area (Å²) in [6.45, 7) is 21.4. The third kappa shape index (κ3) is 20.6. The molecule has 3 N–H and O–H groups in total. The van der Waals surface area contributed by atoms with E-state index in [9.17, 15) is 9.59 Å². The molecule has 0 unspecified atom stereocenters. The fourth-order valence-electron chi connectivity index (χ4n) is 3.32. The number of anilines is 1. The molecular weight excluding hydrogens is 474 g/mol. The number of benzene rings is 1. The number of aliphatic imine (C=N–C) groups is 1. The molecule has 0 atom stereocenters. The van der Waals surface area contributed by atoms with Crippen molar-refractivity contribution in [2.75, 3.05) is 46.1 Å². The molecule has 0 aliphatic rings. The van der Waals surface area contributed by atoms with E-state index in [0.29, 0.717) is 30.2 Å². The van der Waals surface area contributed by atoms with E-state index in [0.717, 1.165) is 24.5 Å². The molecule has 0 spiro atoms. The van der Waals surface area contributed by atoms with Crippen LogP contribution in [0.5, 0.6) is 0 Å². The van der Waals surface area contributed by atoms with Crippen LogP contribution in [0.25, 0.3) is 0 Å². The fraction of sp³-hybridized carbons (Fsp3) is 0.710. The number of hydrogen-bond donors (Lipinski definition) is 3. The Kier molecular flexibility index (Phi) is 29.1. The smallest absolute Gasteiger partial charge is 0.253 e. The van der Waals surface area contributed by atoms with Crippen LogP contribution in [0.15, 0.2) is 23.2 Å². The second-order valence-electron chi connectivity index (χ2n) is 9.31. The first-order valence-corrected chi connectivity index (χ1v) is 14.7. The number of carbonyl (C=O) groups excluding carboxylic acids is 2. The van der Waals surface area contributed by atoms with Gasteiger partial charge in [0.15, 0.2) is 0 Å². The third-order valence-corrected chi connectivity index (χ3v) is 5.01. The van der Waals surface area contributed by atoms with Gasteiger partial charge in [-0.3, -0.25) is 14.6 Å². The second-order valence-corrected chi connectivity index (χ2v) is 9.31. The number of hydrogen-bond acceptors (Lipinski definition) is 5. The lowest BCUT2D eigenvalue weighted by Crippen LogP contribution is -2.37. The molecule has 1 aromatic rings. The molecule has 222 valence electrons. The Morgan fingerprint density at radius 1 is 0.947 bits per heavy atom. The van der Waals surface area contributed by atoms with E-state index in [4.69, 9.17) is 0 Å². The number of unbranched alkanes of at least 4 members (excludes halogenated alkanes) is 2. The molecule has 2 amide bonds. The number of nitrogens with one attached hydrogen (secondary N) is 3. The summed E-state index contributed by atoms with van der Waals surface area (Å²) in [5, 5.41) is 8.80. The van der Waals surface area contributed by atoms with Gasteiger partial charge in [-0.15, -0.1) is 0 Å². The zero-order valence-electron chi connectivity index (χ0n) is 26.8. The molecule has 0 aliphatic heterocycles. The van der Waals surface area contributed by atoms with Crippen LogP contribution in [0, 0.1) is 11.8 Å². The van der Waals surface area contributed by atoms with Gasteiger partial charge < -0.3 is 20.9 Å². The third-order valence-electron chi connectivity index (χ3n) is 5.01. The highest BCUT2D eigenvalue weighted by atomic mass is 16.2. The molecule has 7 heteroatoms. The highest BCUT2D eigenvalue weighted by molar-refractivity contribution is 5.96. The van der Waals surface area contributed by atoms with Crippen molar-refractivity contribution in [1.29, 1.82) is 0 Å². The van der Waals surface area contributed by atoms with E-state index in [2.05, 4.69) is 55.6 Å². The monoisotopic (exact) mass is 535 g/mol. The Bertz CT molecular complexity index is 719. The average Bonchev–Trinajstić information content (AvgIpc) is 2.92. The maximum absolute atomic E-state index is 13.0. The van der Waals surface area contributed by atoms with E-state index in [1.165, 1.54) is 25.8 Å². The molecule has 0 aliphatic carbocycles. The fourth-order valence-corrected chi connectivity index (χ4v) is 3.32. The summed E-state index contributed by atoms with van der Waals surface area (Å²) in [4.78, 5) is 30.6. The quantitative estimate of drug-likeness (QED) is 0.174. The largest absolute Gasteiger partial charge is 0.386 e. The van der Waals surface area contributed by atoms with Crippen LogP contribution < -0.4 is 16.0 Å². The molecule has 0 fully saturated rings. The van der Waals surface area contributed by atoms with Gasteiger partial charge in [0.1, 0.15) is 0 Å². The van der Waals surface area contributed by atoms with E-state index in [1.807, 2.05) is 64.9 Å². The normalized spacial score (nSPS) is 10.1. The van der Waals surface area contributed by atoms with Crippen molar-refractivity contribution in [3.63, 3.8) is 0 Å². The van der Waals surface area contributed by atoms with Crippen LogP contribution in [0.3, 0.4) is 0 Å². The zero-order chi connectivity index (χ0) is 29.9. The molecule has 7 nitrogen and oxygen atoms in total. The topological polar surface area (TPSA) is 85.8 Å². The minimum atomic E-state index is -0.00775. The molecule has 0 heterocycles. The van der Waals surface area contributed by atoms with Crippen molar-refractivity contribution in [3.05, 3.63) is 23.8 Å². The van der Waals surface area contributed by atoms with Gasteiger partial charge >= 0.3 is 0 Å². The maximum atomic E-state index is 13.0. The molecule has 0 saturated carbocycles. The minimum Gasteiger partial charge on any atom is -0.386 e. The standard InChI is InChI=1S/C21H34N4O2.C6H15N.2C2H6/c1-15(2)13-25(14-16(3)4)21(27)17-9-10-18(19(12-17)22-5)24-11-7-8-20(26)23-6;1-3-4-5-6-7-2;2*1-2/h9-12,15-16,22H,7-8,13-14H2,1-6H3,(H,23,26);7H,3-6H2,1-2H3;2*1-2H3. The predicted molar refractivity (Wildman–Crippen MR) is 169 cm³/mol. The molecule has 0 radical (unpaired) electrons. The number of amides is 2. The van der Waals surface area contributed by atoms with Crippen LogP contribution in [0.4, 0.5) is 11.4 Å². The average molecular weight is 536 g/mol. The number of nitrogens with zero attached hydrogens (tertiary/aromatic N) is 2. The van der Waals surface area contributed by atoms with Gasteiger partial charge in [0, 0.05) is 45.4 Å². The summed E-state index contributed by atoms with van der Waals surface area (Å²) in [5.74, 6) is 0.872. The van der Waals surface area contributed by atoms with Crippen molar-refractivity contribution in [2.45, 2.75) is 94.4 Å². The summed E-state index contributed by atoms with van der Waals surface area (Å²) in [5.41, 5.74) is 2.21. The first-order valence-electron chi connectivity index (χ1n) is 14.7. The van der Waals surface area contributed by atoms with Gasteiger partial charge in [0.25, 0.3) is 5.91 Å². The van der Waals surface area contributed by atoms with Gasteiger partial charge in [0.2, 0.25) is 5.91 Å². The van der Waals surface area contributed by atoms with Crippen molar-refractivity contribution in [2.24, 2.45) is 16.8 Å². The second kappa shape index (κ2) is 27.6. The summed E-state index contributed by atoms with van der Waals surface area (Å²) in [6, 6.07) is 5.52. The Morgan fingerprint density at radius 2 is 1.53 bits per heavy atom. The minimum absolute atomic E-state index is 0.00775. The highest BCUT2D eigenvalue weighted by Crippen LogP contribution is 2.26. The van der Waals surface area contributed by atoms with E-state index in [1.54, 1.807) is 13.3 Å².